The maximum Gasteiger partial charge on any atom is 0.218 e. The highest BCUT2D eigenvalue weighted by atomic mass is 15.4. The molecule has 0 atom stereocenters. The number of aromatic nitrogens is 3. The fourth-order valence-electron chi connectivity index (χ4n) is 2.04. The minimum atomic E-state index is 0.439. The first-order valence-corrected chi connectivity index (χ1v) is 5.24. The van der Waals surface area contributed by atoms with Crippen molar-refractivity contribution in [1.29, 1.82) is 0 Å². The van der Waals surface area contributed by atoms with Gasteiger partial charge in [0.2, 0.25) is 5.95 Å². The molecule has 84 valence electrons. The van der Waals surface area contributed by atoms with Crippen molar-refractivity contribution in [3.8, 4) is 11.4 Å². The second-order valence-corrected chi connectivity index (χ2v) is 4.19. The monoisotopic (exact) mass is 216 g/mol. The molecule has 4 nitrogen and oxygen atoms in total. The van der Waals surface area contributed by atoms with E-state index in [2.05, 4.69) is 43.0 Å². The van der Waals surface area contributed by atoms with E-state index in [1.54, 1.807) is 11.7 Å². The average molecular weight is 216 g/mol. The van der Waals surface area contributed by atoms with Crippen molar-refractivity contribution >= 4 is 5.95 Å². The Morgan fingerprint density at radius 1 is 1.12 bits per heavy atom. The number of aryl methyl sites for hydroxylation is 4. The first-order valence-electron chi connectivity index (χ1n) is 5.24. The number of hydrogen-bond donors (Lipinski definition) is 1. The van der Waals surface area contributed by atoms with E-state index in [1.165, 1.54) is 16.7 Å². The fourth-order valence-corrected chi connectivity index (χ4v) is 2.04. The molecule has 1 aromatic heterocycles. The predicted molar refractivity (Wildman–Crippen MR) is 65.1 cm³/mol. The number of nitrogens with zero attached hydrogens (tertiary/aromatic N) is 3. The molecule has 0 aliphatic rings. The van der Waals surface area contributed by atoms with Gasteiger partial charge in [0.15, 0.2) is 5.82 Å². The standard InChI is InChI=1S/C12H16N4/c1-7-5-8(2)10(9(3)6-7)11-14-12(13)16(4)15-11/h5-6H,1-4H3,(H2,13,14,15). The molecule has 2 rings (SSSR count). The van der Waals surface area contributed by atoms with Crippen molar-refractivity contribution in [1.82, 2.24) is 14.8 Å². The molecule has 0 fully saturated rings. The summed E-state index contributed by atoms with van der Waals surface area (Å²) < 4.78 is 1.59. The SMILES string of the molecule is Cc1cc(C)c(-c2nc(N)n(C)n2)c(C)c1. The lowest BCUT2D eigenvalue weighted by molar-refractivity contribution is 0.780. The highest BCUT2D eigenvalue weighted by Crippen LogP contribution is 2.26. The summed E-state index contributed by atoms with van der Waals surface area (Å²) >= 11 is 0. The van der Waals surface area contributed by atoms with Gasteiger partial charge in [-0.3, -0.25) is 0 Å². The van der Waals surface area contributed by atoms with E-state index in [1.807, 2.05) is 0 Å². The average Bonchev–Trinajstić information content (AvgIpc) is 2.44. The van der Waals surface area contributed by atoms with Crippen molar-refractivity contribution in [2.24, 2.45) is 7.05 Å². The van der Waals surface area contributed by atoms with Crippen LogP contribution >= 0.6 is 0 Å². The molecule has 0 aliphatic heterocycles. The van der Waals surface area contributed by atoms with Crippen molar-refractivity contribution in [3.05, 3.63) is 28.8 Å². The molecule has 4 heteroatoms. The van der Waals surface area contributed by atoms with Crippen LogP contribution in [0.5, 0.6) is 0 Å². The quantitative estimate of drug-likeness (QED) is 0.793. The van der Waals surface area contributed by atoms with E-state index in [0.29, 0.717) is 11.8 Å². The zero-order valence-electron chi connectivity index (χ0n) is 10.1. The van der Waals surface area contributed by atoms with Crippen LogP contribution in [0, 0.1) is 20.8 Å². The zero-order valence-corrected chi connectivity index (χ0v) is 10.1. The topological polar surface area (TPSA) is 56.7 Å². The van der Waals surface area contributed by atoms with Crippen LogP contribution in [0.4, 0.5) is 5.95 Å². The molecular weight excluding hydrogens is 200 g/mol. The molecule has 1 aromatic carbocycles. The second kappa shape index (κ2) is 3.63. The maximum absolute atomic E-state index is 5.70. The van der Waals surface area contributed by atoms with Gasteiger partial charge in [-0.1, -0.05) is 17.7 Å². The van der Waals surface area contributed by atoms with Gasteiger partial charge in [0.05, 0.1) is 0 Å². The number of nitrogen functional groups attached to an aromatic ring is 1. The summed E-state index contributed by atoms with van der Waals surface area (Å²) in [6.07, 6.45) is 0. The Labute approximate surface area is 95.1 Å². The van der Waals surface area contributed by atoms with Crippen LogP contribution in [0.1, 0.15) is 16.7 Å². The van der Waals surface area contributed by atoms with Crippen LogP contribution in [0.2, 0.25) is 0 Å². The van der Waals surface area contributed by atoms with Crippen molar-refractivity contribution in [2.45, 2.75) is 20.8 Å². The highest BCUT2D eigenvalue weighted by Gasteiger charge is 2.12. The van der Waals surface area contributed by atoms with Gasteiger partial charge < -0.3 is 5.73 Å². The van der Waals surface area contributed by atoms with Crippen LogP contribution in [-0.4, -0.2) is 14.8 Å². The maximum atomic E-state index is 5.70. The Balaban J connectivity index is 2.64. The Bertz CT molecular complexity index is 497. The van der Waals surface area contributed by atoms with Gasteiger partial charge in [0.1, 0.15) is 0 Å². The predicted octanol–water partition coefficient (Wildman–Crippen LogP) is 1.99. The lowest BCUT2D eigenvalue weighted by Gasteiger charge is -2.07. The number of benzene rings is 1. The Kier molecular flexibility index (Phi) is 2.42. The van der Waals surface area contributed by atoms with Gasteiger partial charge in [-0.05, 0) is 31.9 Å². The molecule has 0 radical (unpaired) electrons. The van der Waals surface area contributed by atoms with Crippen LogP contribution < -0.4 is 5.73 Å². The Morgan fingerprint density at radius 2 is 1.69 bits per heavy atom. The summed E-state index contributed by atoms with van der Waals surface area (Å²) in [4.78, 5) is 4.26. The van der Waals surface area contributed by atoms with Gasteiger partial charge in [-0.15, -0.1) is 5.10 Å². The van der Waals surface area contributed by atoms with Crippen LogP contribution in [-0.2, 0) is 7.05 Å². The summed E-state index contributed by atoms with van der Waals surface area (Å²) in [5.41, 5.74) is 10.4. The number of nitrogens with two attached hydrogens (primary N) is 1. The third-order valence-electron chi connectivity index (χ3n) is 2.70. The molecular formula is C12H16N4. The molecule has 0 aliphatic carbocycles. The first-order chi connectivity index (χ1) is 7.49. The van der Waals surface area contributed by atoms with E-state index >= 15 is 0 Å². The molecule has 0 unspecified atom stereocenters. The third kappa shape index (κ3) is 1.66. The molecule has 0 spiro atoms. The summed E-state index contributed by atoms with van der Waals surface area (Å²) in [5.74, 6) is 1.14. The van der Waals surface area contributed by atoms with E-state index < -0.39 is 0 Å². The van der Waals surface area contributed by atoms with Crippen molar-refractivity contribution in [3.63, 3.8) is 0 Å². The minimum absolute atomic E-state index is 0.439. The van der Waals surface area contributed by atoms with Gasteiger partial charge in [0.25, 0.3) is 0 Å². The van der Waals surface area contributed by atoms with E-state index in [0.717, 1.165) is 5.56 Å². The molecule has 0 amide bonds. The van der Waals surface area contributed by atoms with Gasteiger partial charge in [0, 0.05) is 12.6 Å². The number of hydrogen-bond acceptors (Lipinski definition) is 3. The molecule has 0 bridgehead atoms. The van der Waals surface area contributed by atoms with Gasteiger partial charge in [-0.25, -0.2) is 4.68 Å². The van der Waals surface area contributed by atoms with E-state index in [9.17, 15) is 0 Å². The zero-order chi connectivity index (χ0) is 11.9. The lowest BCUT2D eigenvalue weighted by atomic mass is 9.99. The number of rotatable bonds is 1. The molecule has 2 N–H and O–H groups in total. The summed E-state index contributed by atoms with van der Waals surface area (Å²) in [6, 6.07) is 4.27. The van der Waals surface area contributed by atoms with Crippen LogP contribution in [0.3, 0.4) is 0 Å². The smallest absolute Gasteiger partial charge is 0.218 e. The highest BCUT2D eigenvalue weighted by molar-refractivity contribution is 5.65. The third-order valence-corrected chi connectivity index (χ3v) is 2.70. The van der Waals surface area contributed by atoms with Crippen LogP contribution in [0.15, 0.2) is 12.1 Å². The van der Waals surface area contributed by atoms with Gasteiger partial charge in [-0.2, -0.15) is 4.98 Å². The summed E-state index contributed by atoms with van der Waals surface area (Å²) in [6.45, 7) is 6.23. The molecule has 16 heavy (non-hydrogen) atoms. The summed E-state index contributed by atoms with van der Waals surface area (Å²) in [7, 11) is 1.80. The Morgan fingerprint density at radius 3 is 2.12 bits per heavy atom. The van der Waals surface area contributed by atoms with E-state index in [-0.39, 0.29) is 0 Å². The van der Waals surface area contributed by atoms with Crippen molar-refractivity contribution in [2.75, 3.05) is 5.73 Å². The normalized spacial score (nSPS) is 10.8. The molecule has 2 aromatic rings. The number of anilines is 1. The molecule has 0 saturated heterocycles. The van der Waals surface area contributed by atoms with Crippen LogP contribution in [0.25, 0.3) is 11.4 Å². The minimum Gasteiger partial charge on any atom is -0.368 e. The molecule has 0 saturated carbocycles. The lowest BCUT2D eigenvalue weighted by Crippen LogP contribution is -1.97. The Hall–Kier alpha value is -1.84. The second-order valence-electron chi connectivity index (χ2n) is 4.19. The van der Waals surface area contributed by atoms with E-state index in [4.69, 9.17) is 5.73 Å². The summed E-state index contributed by atoms with van der Waals surface area (Å²) in [5, 5.41) is 4.31. The first kappa shape index (κ1) is 10.7. The van der Waals surface area contributed by atoms with Crippen molar-refractivity contribution < 1.29 is 0 Å². The largest absolute Gasteiger partial charge is 0.368 e. The fraction of sp³-hybridized carbons (Fsp3) is 0.333. The molecule has 1 heterocycles. The van der Waals surface area contributed by atoms with Gasteiger partial charge >= 0.3 is 0 Å².